The van der Waals surface area contributed by atoms with Crippen LogP contribution in [-0.4, -0.2) is 23.1 Å². The average molecular weight is 207 g/mol. The molecule has 1 rings (SSSR count). The largest absolute Gasteiger partial charge is 0.488 e. The Balaban J connectivity index is 2.53. The van der Waals surface area contributed by atoms with E-state index in [2.05, 4.69) is 5.32 Å². The molecule has 5 heteroatoms. The van der Waals surface area contributed by atoms with Gasteiger partial charge in [-0.25, -0.2) is 0 Å². The Hall–Kier alpha value is -1.33. The fourth-order valence-electron chi connectivity index (χ4n) is 1.13. The van der Waals surface area contributed by atoms with Crippen molar-refractivity contribution in [2.75, 3.05) is 0 Å². The molecule has 0 bridgehead atoms. The molecule has 1 amide bonds. The van der Waals surface area contributed by atoms with Crippen molar-refractivity contribution >= 4 is 18.5 Å². The standard InChI is InChI=1S/C10H14BNO3/c1-2-10(13)12-7-8-3-5-9(6-4-8)11(14)15/h3-6,14-15H,2,7H2,1H3,(H,12,13). The van der Waals surface area contributed by atoms with E-state index in [4.69, 9.17) is 10.0 Å². The van der Waals surface area contributed by atoms with Crippen LogP contribution in [0.5, 0.6) is 0 Å². The van der Waals surface area contributed by atoms with E-state index in [1.807, 2.05) is 0 Å². The monoisotopic (exact) mass is 207 g/mol. The zero-order valence-corrected chi connectivity index (χ0v) is 8.60. The molecule has 3 N–H and O–H groups in total. The van der Waals surface area contributed by atoms with Crippen LogP contribution in [0.2, 0.25) is 0 Å². The molecular weight excluding hydrogens is 193 g/mol. The van der Waals surface area contributed by atoms with Crippen LogP contribution in [0.1, 0.15) is 18.9 Å². The fourth-order valence-corrected chi connectivity index (χ4v) is 1.13. The molecule has 0 aromatic heterocycles. The van der Waals surface area contributed by atoms with Gasteiger partial charge in [-0.2, -0.15) is 0 Å². The highest BCUT2D eigenvalue weighted by atomic mass is 16.4. The quantitative estimate of drug-likeness (QED) is 0.577. The maximum Gasteiger partial charge on any atom is 0.488 e. The van der Waals surface area contributed by atoms with Crippen LogP contribution in [0.4, 0.5) is 0 Å². The number of hydrogen-bond acceptors (Lipinski definition) is 3. The van der Waals surface area contributed by atoms with Gasteiger partial charge in [0.1, 0.15) is 0 Å². The van der Waals surface area contributed by atoms with E-state index in [-0.39, 0.29) is 5.91 Å². The third kappa shape index (κ3) is 3.73. The predicted octanol–water partition coefficient (Wildman–Crippen LogP) is -0.607. The second-order valence-corrected chi connectivity index (χ2v) is 3.25. The highest BCUT2D eigenvalue weighted by Crippen LogP contribution is 1.97. The van der Waals surface area contributed by atoms with Gasteiger partial charge in [-0.15, -0.1) is 0 Å². The van der Waals surface area contributed by atoms with Gasteiger partial charge in [0.25, 0.3) is 0 Å². The summed E-state index contributed by atoms with van der Waals surface area (Å²) in [7, 11) is -1.44. The van der Waals surface area contributed by atoms with Crippen LogP contribution in [0, 0.1) is 0 Å². The molecule has 0 aliphatic heterocycles. The van der Waals surface area contributed by atoms with Crippen LogP contribution < -0.4 is 10.8 Å². The molecular formula is C10H14BNO3. The molecule has 0 saturated heterocycles. The molecule has 80 valence electrons. The van der Waals surface area contributed by atoms with Crippen LogP contribution in [-0.2, 0) is 11.3 Å². The number of rotatable bonds is 4. The third-order valence-electron chi connectivity index (χ3n) is 2.09. The Kier molecular flexibility index (Phi) is 4.33. The number of carbonyl (C=O) groups is 1. The normalized spacial score (nSPS) is 9.80. The summed E-state index contributed by atoms with van der Waals surface area (Å²) in [6.07, 6.45) is 0.466. The van der Waals surface area contributed by atoms with Crippen molar-refractivity contribution < 1.29 is 14.8 Å². The summed E-state index contributed by atoms with van der Waals surface area (Å²) in [6, 6.07) is 6.76. The summed E-state index contributed by atoms with van der Waals surface area (Å²) < 4.78 is 0. The summed E-state index contributed by atoms with van der Waals surface area (Å²) in [5.41, 5.74) is 1.38. The Bertz CT molecular complexity index is 324. The van der Waals surface area contributed by atoms with Crippen molar-refractivity contribution in [3.63, 3.8) is 0 Å². The fraction of sp³-hybridized carbons (Fsp3) is 0.300. The molecule has 1 aromatic carbocycles. The Morgan fingerprint density at radius 2 is 1.93 bits per heavy atom. The Morgan fingerprint density at radius 1 is 1.33 bits per heavy atom. The van der Waals surface area contributed by atoms with Gasteiger partial charge in [-0.3, -0.25) is 4.79 Å². The molecule has 0 atom stereocenters. The van der Waals surface area contributed by atoms with Gasteiger partial charge in [0.05, 0.1) is 0 Å². The van der Waals surface area contributed by atoms with Crippen molar-refractivity contribution in [2.45, 2.75) is 19.9 Å². The van der Waals surface area contributed by atoms with E-state index in [9.17, 15) is 4.79 Å². The number of hydrogen-bond donors (Lipinski definition) is 3. The molecule has 0 aliphatic carbocycles. The maximum atomic E-state index is 11.0. The first kappa shape index (κ1) is 11.7. The minimum atomic E-state index is -1.44. The van der Waals surface area contributed by atoms with Crippen molar-refractivity contribution in [1.82, 2.24) is 5.32 Å². The van der Waals surface area contributed by atoms with E-state index in [0.29, 0.717) is 18.4 Å². The Morgan fingerprint density at radius 3 is 2.40 bits per heavy atom. The second kappa shape index (κ2) is 5.53. The first-order valence-corrected chi connectivity index (χ1v) is 4.85. The highest BCUT2D eigenvalue weighted by molar-refractivity contribution is 6.58. The average Bonchev–Trinajstić information content (AvgIpc) is 2.26. The summed E-state index contributed by atoms with van der Waals surface area (Å²) in [5, 5.41) is 20.4. The van der Waals surface area contributed by atoms with Crippen molar-refractivity contribution in [1.29, 1.82) is 0 Å². The van der Waals surface area contributed by atoms with E-state index in [0.717, 1.165) is 5.56 Å². The number of nitrogens with one attached hydrogen (secondary N) is 1. The van der Waals surface area contributed by atoms with Crippen molar-refractivity contribution in [3.8, 4) is 0 Å². The van der Waals surface area contributed by atoms with E-state index in [1.54, 1.807) is 31.2 Å². The lowest BCUT2D eigenvalue weighted by atomic mass is 9.80. The smallest absolute Gasteiger partial charge is 0.423 e. The summed E-state index contributed by atoms with van der Waals surface area (Å²) in [4.78, 5) is 11.0. The van der Waals surface area contributed by atoms with Crippen LogP contribution >= 0.6 is 0 Å². The summed E-state index contributed by atoms with van der Waals surface area (Å²) >= 11 is 0. The molecule has 1 aromatic rings. The maximum absolute atomic E-state index is 11.0. The SMILES string of the molecule is CCC(=O)NCc1ccc(B(O)O)cc1. The lowest BCUT2D eigenvalue weighted by Crippen LogP contribution is -2.29. The minimum absolute atomic E-state index is 0.00118. The topological polar surface area (TPSA) is 69.6 Å². The molecule has 0 radical (unpaired) electrons. The third-order valence-corrected chi connectivity index (χ3v) is 2.09. The van der Waals surface area contributed by atoms with Crippen molar-refractivity contribution in [3.05, 3.63) is 29.8 Å². The lowest BCUT2D eigenvalue weighted by molar-refractivity contribution is -0.120. The molecule has 0 heterocycles. The Labute approximate surface area is 89.1 Å². The van der Waals surface area contributed by atoms with Crippen molar-refractivity contribution in [2.24, 2.45) is 0 Å². The highest BCUT2D eigenvalue weighted by Gasteiger charge is 2.09. The lowest BCUT2D eigenvalue weighted by Gasteiger charge is -2.04. The van der Waals surface area contributed by atoms with E-state index < -0.39 is 7.12 Å². The molecule has 0 spiro atoms. The molecule has 4 nitrogen and oxygen atoms in total. The van der Waals surface area contributed by atoms with Crippen LogP contribution in [0.15, 0.2) is 24.3 Å². The van der Waals surface area contributed by atoms with Crippen LogP contribution in [0.25, 0.3) is 0 Å². The zero-order valence-electron chi connectivity index (χ0n) is 8.60. The second-order valence-electron chi connectivity index (χ2n) is 3.25. The first-order chi connectivity index (χ1) is 7.13. The van der Waals surface area contributed by atoms with Gasteiger partial charge < -0.3 is 15.4 Å². The number of carbonyl (C=O) groups excluding carboxylic acids is 1. The molecule has 15 heavy (non-hydrogen) atoms. The van der Waals surface area contributed by atoms with Gasteiger partial charge in [0.2, 0.25) is 5.91 Å². The van der Waals surface area contributed by atoms with Gasteiger partial charge in [0, 0.05) is 13.0 Å². The predicted molar refractivity (Wildman–Crippen MR) is 58.4 cm³/mol. The van der Waals surface area contributed by atoms with Gasteiger partial charge in [-0.05, 0) is 11.0 Å². The van der Waals surface area contributed by atoms with Gasteiger partial charge >= 0.3 is 7.12 Å². The molecule has 0 saturated carbocycles. The summed E-state index contributed by atoms with van der Waals surface area (Å²) in [5.74, 6) is 0.00118. The van der Waals surface area contributed by atoms with E-state index in [1.165, 1.54) is 0 Å². The number of amides is 1. The minimum Gasteiger partial charge on any atom is -0.423 e. The molecule has 0 unspecified atom stereocenters. The van der Waals surface area contributed by atoms with Gasteiger partial charge in [-0.1, -0.05) is 31.2 Å². The molecule has 0 fully saturated rings. The number of benzene rings is 1. The molecule has 0 aliphatic rings. The van der Waals surface area contributed by atoms with Crippen LogP contribution in [0.3, 0.4) is 0 Å². The van der Waals surface area contributed by atoms with Gasteiger partial charge in [0.15, 0.2) is 0 Å². The van der Waals surface area contributed by atoms with E-state index >= 15 is 0 Å². The zero-order chi connectivity index (χ0) is 11.3. The first-order valence-electron chi connectivity index (χ1n) is 4.85. The summed E-state index contributed by atoms with van der Waals surface area (Å²) in [6.45, 7) is 2.26.